The smallest absolute Gasteiger partial charge is 0.326 e. The van der Waals surface area contributed by atoms with Crippen LogP contribution < -0.4 is 43.8 Å². The van der Waals surface area contributed by atoms with Gasteiger partial charge in [-0.25, -0.2) is 4.79 Å². The van der Waals surface area contributed by atoms with E-state index in [0.717, 1.165) is 10.0 Å². The zero-order chi connectivity index (χ0) is 48.9. The van der Waals surface area contributed by atoms with E-state index in [1.807, 2.05) is 32.9 Å². The number of rotatable bonds is 27. The van der Waals surface area contributed by atoms with Crippen molar-refractivity contribution in [3.05, 3.63) is 64.1 Å². The lowest BCUT2D eigenvalue weighted by atomic mass is 9.96. The third-order valence-electron chi connectivity index (χ3n) is 11.4. The standard InChI is InChI=1S/C46H69BrN10O9/c1-5-28(4)39(43(63)55-36(45(65)66)24-27(2)3)56-41(61)35(25-29-17-19-31(58)20-18-29)54-42(62)37-16-11-23-57(37)44(64)34(15-10-22-51-46(49)50)53-40(60)33(14-8-9-21-48)52-38(59)26-30-12-6-7-13-32(30)47/h6-7,12-13,17-20,27-28,33-37,39,58H,5,8-11,14-16,21-26,48H2,1-4H3,(H,52,59)(H,53,60)(H,54,62)(H,55,63)(H,56,61)(H,65,66)(H4,49,50,51)/t28-,33-,34-,35-,36-,37-,39-/m0/s1. The molecule has 20 heteroatoms. The van der Waals surface area contributed by atoms with Crippen molar-refractivity contribution in [1.29, 1.82) is 0 Å². The lowest BCUT2D eigenvalue weighted by Gasteiger charge is -2.31. The Morgan fingerprint density at radius 2 is 1.47 bits per heavy atom. The van der Waals surface area contributed by atoms with Crippen molar-refractivity contribution < 1.29 is 43.8 Å². The van der Waals surface area contributed by atoms with E-state index in [-0.39, 0.29) is 75.7 Å². The van der Waals surface area contributed by atoms with Gasteiger partial charge in [0.1, 0.15) is 42.0 Å². The van der Waals surface area contributed by atoms with Crippen molar-refractivity contribution in [2.45, 2.75) is 135 Å². The fourth-order valence-electron chi connectivity index (χ4n) is 7.61. The number of unbranched alkanes of at least 4 members (excludes halogenated alkanes) is 1. The predicted octanol–water partition coefficient (Wildman–Crippen LogP) is 1.71. The molecule has 1 saturated heterocycles. The topological polar surface area (TPSA) is 314 Å². The van der Waals surface area contributed by atoms with Crippen molar-refractivity contribution in [1.82, 2.24) is 31.5 Å². The summed E-state index contributed by atoms with van der Waals surface area (Å²) in [4.78, 5) is 101. The highest BCUT2D eigenvalue weighted by Gasteiger charge is 2.40. The molecular formula is C46H69BrN10O9. The molecule has 1 aliphatic rings. The van der Waals surface area contributed by atoms with Crippen LogP contribution in [0.15, 0.2) is 58.0 Å². The molecule has 0 unspecified atom stereocenters. The first kappa shape index (κ1) is 54.6. The fourth-order valence-corrected chi connectivity index (χ4v) is 8.04. The second kappa shape index (κ2) is 27.7. The number of carbonyl (C=O) groups is 7. The SMILES string of the molecule is CC[C@H](C)[C@H](NC(=O)[C@H](Cc1ccc(O)cc1)NC(=O)[C@@H]1CCCN1C(=O)[C@H](CCCN=C(N)N)NC(=O)[C@H](CCCCN)NC(=O)Cc1ccccc1Br)C(=O)N[C@@H](CC(C)C)C(=O)O. The van der Waals surface area contributed by atoms with Crippen molar-refractivity contribution >= 4 is 63.3 Å². The molecule has 6 amide bonds. The average molecular weight is 986 g/mol. The first-order chi connectivity index (χ1) is 31.3. The molecule has 66 heavy (non-hydrogen) atoms. The van der Waals surface area contributed by atoms with Gasteiger partial charge in [0.25, 0.3) is 0 Å². The maximum Gasteiger partial charge on any atom is 0.326 e. The van der Waals surface area contributed by atoms with Crippen molar-refractivity contribution in [3.8, 4) is 5.75 Å². The molecule has 7 atom stereocenters. The zero-order valence-corrected chi connectivity index (χ0v) is 40.0. The van der Waals surface area contributed by atoms with E-state index in [9.17, 15) is 43.8 Å². The zero-order valence-electron chi connectivity index (χ0n) is 38.4. The van der Waals surface area contributed by atoms with Gasteiger partial charge in [-0.05, 0) is 99.1 Å². The Labute approximate surface area is 395 Å². The summed E-state index contributed by atoms with van der Waals surface area (Å²) in [6.45, 7) is 7.90. The number of carboxylic acids is 1. The summed E-state index contributed by atoms with van der Waals surface area (Å²) < 4.78 is 0.734. The van der Waals surface area contributed by atoms with Gasteiger partial charge in [0.15, 0.2) is 5.96 Å². The van der Waals surface area contributed by atoms with Gasteiger partial charge in [-0.1, -0.05) is 80.4 Å². The van der Waals surface area contributed by atoms with Crippen LogP contribution in [0, 0.1) is 11.8 Å². The van der Waals surface area contributed by atoms with Crippen LogP contribution in [-0.2, 0) is 46.4 Å². The van der Waals surface area contributed by atoms with Crippen LogP contribution in [0.5, 0.6) is 5.75 Å². The summed E-state index contributed by atoms with van der Waals surface area (Å²) in [5.41, 5.74) is 18.1. The molecule has 19 nitrogen and oxygen atoms in total. The third kappa shape index (κ3) is 17.9. The Hall–Kier alpha value is -5.76. The van der Waals surface area contributed by atoms with Gasteiger partial charge in [0.05, 0.1) is 6.42 Å². The number of hydrogen-bond acceptors (Lipinski definition) is 10. The Morgan fingerprint density at radius 1 is 0.818 bits per heavy atom. The molecule has 13 N–H and O–H groups in total. The molecule has 1 heterocycles. The number of aromatic hydroxyl groups is 1. The Balaban J connectivity index is 1.90. The van der Waals surface area contributed by atoms with Gasteiger partial charge in [-0.2, -0.15) is 0 Å². The van der Waals surface area contributed by atoms with Gasteiger partial charge >= 0.3 is 5.97 Å². The summed E-state index contributed by atoms with van der Waals surface area (Å²) in [7, 11) is 0. The molecule has 0 spiro atoms. The van der Waals surface area contributed by atoms with Crippen molar-refractivity contribution in [3.63, 3.8) is 0 Å². The van der Waals surface area contributed by atoms with Gasteiger partial charge in [0.2, 0.25) is 35.4 Å². The summed E-state index contributed by atoms with van der Waals surface area (Å²) >= 11 is 3.45. The summed E-state index contributed by atoms with van der Waals surface area (Å²) in [5, 5.41) is 33.5. The number of halogens is 1. The Bertz CT molecular complexity index is 1980. The maximum absolute atomic E-state index is 14.5. The normalized spacial score (nSPS) is 16.2. The average Bonchev–Trinajstić information content (AvgIpc) is 3.77. The van der Waals surface area contributed by atoms with Crippen LogP contribution in [0.2, 0.25) is 0 Å². The molecule has 1 fully saturated rings. The van der Waals surface area contributed by atoms with Gasteiger partial charge in [-0.3, -0.25) is 33.8 Å². The van der Waals surface area contributed by atoms with Crippen LogP contribution in [0.4, 0.5) is 0 Å². The maximum atomic E-state index is 14.5. The minimum Gasteiger partial charge on any atom is -0.508 e. The number of carboxylic acid groups (broad SMARTS) is 1. The monoisotopic (exact) mass is 984 g/mol. The second-order valence-corrected chi connectivity index (χ2v) is 18.1. The number of amides is 6. The fraction of sp³-hybridized carbons (Fsp3) is 0.565. The summed E-state index contributed by atoms with van der Waals surface area (Å²) in [6.07, 6.45) is 2.91. The van der Waals surface area contributed by atoms with E-state index in [1.165, 1.54) is 17.0 Å². The van der Waals surface area contributed by atoms with Gasteiger partial charge in [0, 0.05) is 24.0 Å². The number of aliphatic imine (C=N–C) groups is 1. The van der Waals surface area contributed by atoms with E-state index < -0.39 is 83.6 Å². The molecule has 0 aliphatic carbocycles. The number of nitrogens with zero attached hydrogens (tertiary/aromatic N) is 2. The molecule has 364 valence electrons. The van der Waals surface area contributed by atoms with Crippen LogP contribution >= 0.6 is 15.9 Å². The van der Waals surface area contributed by atoms with Crippen LogP contribution in [0.1, 0.15) is 96.6 Å². The number of benzene rings is 2. The second-order valence-electron chi connectivity index (χ2n) is 17.2. The molecule has 0 aromatic heterocycles. The number of aliphatic carboxylic acids is 1. The lowest BCUT2D eigenvalue weighted by molar-refractivity contribution is -0.143. The van der Waals surface area contributed by atoms with Gasteiger partial charge in [-0.15, -0.1) is 0 Å². The molecule has 0 saturated carbocycles. The summed E-state index contributed by atoms with van der Waals surface area (Å²) in [6, 6.07) is 6.37. The largest absolute Gasteiger partial charge is 0.508 e. The Morgan fingerprint density at radius 3 is 2.09 bits per heavy atom. The number of carbonyl (C=O) groups excluding carboxylic acids is 6. The first-order valence-corrected chi connectivity index (χ1v) is 23.4. The van der Waals surface area contributed by atoms with E-state index in [0.29, 0.717) is 37.8 Å². The Kier molecular flexibility index (Phi) is 22.9. The van der Waals surface area contributed by atoms with E-state index in [1.54, 1.807) is 31.2 Å². The van der Waals surface area contributed by atoms with E-state index in [4.69, 9.17) is 17.2 Å². The van der Waals surface area contributed by atoms with Crippen LogP contribution in [0.3, 0.4) is 0 Å². The number of hydrogen-bond donors (Lipinski definition) is 10. The molecule has 3 rings (SSSR count). The number of phenolic OH excluding ortho intramolecular Hbond substituents is 1. The number of nitrogens with two attached hydrogens (primary N) is 3. The lowest BCUT2D eigenvalue weighted by Crippen LogP contribution is -2.60. The third-order valence-corrected chi connectivity index (χ3v) is 12.2. The number of guanidine groups is 1. The van der Waals surface area contributed by atoms with E-state index >= 15 is 0 Å². The highest BCUT2D eigenvalue weighted by atomic mass is 79.9. The van der Waals surface area contributed by atoms with Crippen LogP contribution in [0.25, 0.3) is 0 Å². The quantitative estimate of drug-likeness (QED) is 0.0348. The highest BCUT2D eigenvalue weighted by molar-refractivity contribution is 9.10. The van der Waals surface area contributed by atoms with Crippen LogP contribution in [-0.4, -0.2) is 118 Å². The summed E-state index contributed by atoms with van der Waals surface area (Å²) in [5.74, 6) is -5.50. The van der Waals surface area contributed by atoms with Crippen molar-refractivity contribution in [2.75, 3.05) is 19.6 Å². The number of likely N-dealkylation sites (tertiary alicyclic amines) is 1. The molecule has 1 aliphatic heterocycles. The minimum atomic E-state index is -1.28. The minimum absolute atomic E-state index is 0.00569. The first-order valence-electron chi connectivity index (χ1n) is 22.7. The van der Waals surface area contributed by atoms with Crippen molar-refractivity contribution in [2.24, 2.45) is 34.0 Å². The number of nitrogens with one attached hydrogen (secondary N) is 5. The van der Waals surface area contributed by atoms with E-state index in [2.05, 4.69) is 47.5 Å². The molecule has 0 radical (unpaired) electrons. The highest BCUT2D eigenvalue weighted by Crippen LogP contribution is 2.22. The van der Waals surface area contributed by atoms with Gasteiger partial charge < -0.3 is 58.9 Å². The molecule has 2 aromatic carbocycles. The molecular weight excluding hydrogens is 916 g/mol. The number of phenols is 1. The molecule has 2 aromatic rings. The molecule has 0 bridgehead atoms. The predicted molar refractivity (Wildman–Crippen MR) is 253 cm³/mol.